The molecule has 1 aromatic carbocycles. The number of carbonyl (C=O) groups excluding carboxylic acids is 1. The van der Waals surface area contributed by atoms with E-state index >= 15 is 0 Å². The number of hydrogen-bond donors (Lipinski definition) is 0. The molecule has 25 heavy (non-hydrogen) atoms. The smallest absolute Gasteiger partial charge is 0.254 e. The number of nitrogens with zero attached hydrogens (tertiary/aromatic N) is 2. The zero-order valence-corrected chi connectivity index (χ0v) is 14.9. The molecule has 4 rings (SSSR count). The van der Waals surface area contributed by atoms with Gasteiger partial charge in [0.1, 0.15) is 0 Å². The molecule has 2 aliphatic heterocycles. The van der Waals surface area contributed by atoms with Crippen LogP contribution in [0.15, 0.2) is 42.6 Å². The van der Waals surface area contributed by atoms with E-state index < -0.39 is 0 Å². The molecule has 3 heterocycles. The van der Waals surface area contributed by atoms with Gasteiger partial charge in [0.2, 0.25) is 0 Å². The Morgan fingerprint density at radius 3 is 2.84 bits per heavy atom. The molecule has 2 unspecified atom stereocenters. The monoisotopic (exact) mass is 338 g/mol. The van der Waals surface area contributed by atoms with E-state index in [1.807, 2.05) is 12.1 Å². The Labute approximate surface area is 149 Å². The van der Waals surface area contributed by atoms with Gasteiger partial charge in [0, 0.05) is 43.6 Å². The summed E-state index contributed by atoms with van der Waals surface area (Å²) in [7, 11) is 2.06. The van der Waals surface area contributed by atoms with Gasteiger partial charge in [0.15, 0.2) is 0 Å². The third-order valence-electron chi connectivity index (χ3n) is 5.62. The van der Waals surface area contributed by atoms with Gasteiger partial charge in [-0.2, -0.15) is 0 Å². The standard InChI is InChI=1S/C21H26N2O2/c1-22-11-5-9-19(22)20-8-2-3-12-23(20)21(24)17-7-4-6-16(14-17)18-10-13-25-15-18/h4-7,9,11,14,18,20H,2-3,8,10,12-13,15H2,1H3. The lowest BCUT2D eigenvalue weighted by atomic mass is 9.95. The molecule has 0 bridgehead atoms. The quantitative estimate of drug-likeness (QED) is 0.851. The third-order valence-corrected chi connectivity index (χ3v) is 5.62. The lowest BCUT2D eigenvalue weighted by Gasteiger charge is -2.36. The molecule has 1 amide bonds. The SMILES string of the molecule is Cn1cccc1C1CCCCN1C(=O)c1cccc(C2CCOC2)c1. The van der Waals surface area contributed by atoms with Crippen LogP contribution in [0.1, 0.15) is 59.3 Å². The van der Waals surface area contributed by atoms with Crippen molar-refractivity contribution in [1.82, 2.24) is 9.47 Å². The first-order valence-corrected chi connectivity index (χ1v) is 9.34. The fraction of sp³-hybridized carbons (Fsp3) is 0.476. The fourth-order valence-corrected chi connectivity index (χ4v) is 4.19. The van der Waals surface area contributed by atoms with Crippen LogP contribution in [0.3, 0.4) is 0 Å². The maximum atomic E-state index is 13.3. The van der Waals surface area contributed by atoms with Crippen molar-refractivity contribution in [3.05, 3.63) is 59.4 Å². The molecule has 2 aromatic rings. The number of piperidine rings is 1. The van der Waals surface area contributed by atoms with Crippen molar-refractivity contribution in [1.29, 1.82) is 0 Å². The van der Waals surface area contributed by atoms with E-state index in [1.165, 1.54) is 17.7 Å². The number of hydrogen-bond acceptors (Lipinski definition) is 2. The van der Waals surface area contributed by atoms with Crippen molar-refractivity contribution in [2.45, 2.75) is 37.6 Å². The number of aryl methyl sites for hydroxylation is 1. The third kappa shape index (κ3) is 3.23. The lowest BCUT2D eigenvalue weighted by molar-refractivity contribution is 0.0602. The number of ether oxygens (including phenoxy) is 1. The van der Waals surface area contributed by atoms with E-state index in [-0.39, 0.29) is 11.9 Å². The zero-order chi connectivity index (χ0) is 17.2. The van der Waals surface area contributed by atoms with E-state index in [4.69, 9.17) is 4.74 Å². The minimum absolute atomic E-state index is 0.159. The molecule has 2 fully saturated rings. The van der Waals surface area contributed by atoms with Gasteiger partial charge in [-0.25, -0.2) is 0 Å². The predicted molar refractivity (Wildman–Crippen MR) is 97.7 cm³/mol. The molecular weight excluding hydrogens is 312 g/mol. The normalized spacial score (nSPS) is 23.8. The summed E-state index contributed by atoms with van der Waals surface area (Å²) in [5.41, 5.74) is 3.27. The molecule has 4 heteroatoms. The van der Waals surface area contributed by atoms with Gasteiger partial charge in [-0.1, -0.05) is 12.1 Å². The van der Waals surface area contributed by atoms with E-state index in [1.54, 1.807) is 0 Å². The molecule has 0 spiro atoms. The van der Waals surface area contributed by atoms with Gasteiger partial charge in [-0.05, 0) is 55.5 Å². The van der Waals surface area contributed by atoms with Gasteiger partial charge in [-0.3, -0.25) is 4.79 Å². The highest BCUT2D eigenvalue weighted by molar-refractivity contribution is 5.94. The topological polar surface area (TPSA) is 34.5 Å². The zero-order valence-electron chi connectivity index (χ0n) is 14.9. The Balaban J connectivity index is 1.60. The Kier molecular flexibility index (Phi) is 4.62. The largest absolute Gasteiger partial charge is 0.381 e. The molecule has 0 saturated carbocycles. The van der Waals surface area contributed by atoms with Gasteiger partial charge in [0.05, 0.1) is 12.6 Å². The van der Waals surface area contributed by atoms with E-state index in [0.29, 0.717) is 5.92 Å². The van der Waals surface area contributed by atoms with Crippen molar-refractivity contribution in [3.63, 3.8) is 0 Å². The van der Waals surface area contributed by atoms with Crippen LogP contribution < -0.4 is 0 Å². The summed E-state index contributed by atoms with van der Waals surface area (Å²) < 4.78 is 7.65. The lowest BCUT2D eigenvalue weighted by Crippen LogP contribution is -2.39. The van der Waals surface area contributed by atoms with Crippen LogP contribution in [-0.4, -0.2) is 35.1 Å². The molecule has 0 aliphatic carbocycles. The molecule has 2 atom stereocenters. The highest BCUT2D eigenvalue weighted by atomic mass is 16.5. The first kappa shape index (κ1) is 16.4. The Hall–Kier alpha value is -2.07. The highest BCUT2D eigenvalue weighted by Crippen LogP contribution is 2.33. The van der Waals surface area contributed by atoms with Crippen LogP contribution in [0, 0.1) is 0 Å². The minimum atomic E-state index is 0.159. The number of rotatable bonds is 3. The number of carbonyl (C=O) groups is 1. The molecule has 1 aromatic heterocycles. The maximum Gasteiger partial charge on any atom is 0.254 e. The van der Waals surface area contributed by atoms with Crippen LogP contribution in [-0.2, 0) is 11.8 Å². The second-order valence-electron chi connectivity index (χ2n) is 7.24. The molecule has 0 radical (unpaired) electrons. The van der Waals surface area contributed by atoms with Gasteiger partial charge >= 0.3 is 0 Å². The van der Waals surface area contributed by atoms with Crippen LogP contribution >= 0.6 is 0 Å². The minimum Gasteiger partial charge on any atom is -0.381 e. The maximum absolute atomic E-state index is 13.3. The van der Waals surface area contributed by atoms with Crippen LogP contribution in [0.25, 0.3) is 0 Å². The molecule has 132 valence electrons. The first-order chi connectivity index (χ1) is 12.2. The average molecular weight is 338 g/mol. The number of likely N-dealkylation sites (tertiary alicyclic amines) is 1. The summed E-state index contributed by atoms with van der Waals surface area (Å²) in [6, 6.07) is 12.6. The molecule has 0 N–H and O–H groups in total. The van der Waals surface area contributed by atoms with Crippen molar-refractivity contribution in [2.24, 2.45) is 7.05 Å². The van der Waals surface area contributed by atoms with E-state index in [0.717, 1.165) is 44.6 Å². The van der Waals surface area contributed by atoms with Crippen LogP contribution in [0.4, 0.5) is 0 Å². The summed E-state index contributed by atoms with van der Waals surface area (Å²) >= 11 is 0. The molecule has 2 saturated heterocycles. The average Bonchev–Trinajstić information content (AvgIpc) is 3.33. The Morgan fingerprint density at radius 2 is 2.08 bits per heavy atom. The van der Waals surface area contributed by atoms with Crippen molar-refractivity contribution in [2.75, 3.05) is 19.8 Å². The summed E-state index contributed by atoms with van der Waals surface area (Å²) in [5, 5.41) is 0. The van der Waals surface area contributed by atoms with E-state index in [2.05, 4.69) is 47.0 Å². The highest BCUT2D eigenvalue weighted by Gasteiger charge is 2.30. The number of benzene rings is 1. The summed E-state index contributed by atoms with van der Waals surface area (Å²) in [5.74, 6) is 0.587. The van der Waals surface area contributed by atoms with Gasteiger partial charge < -0.3 is 14.2 Å². The van der Waals surface area contributed by atoms with Gasteiger partial charge in [-0.15, -0.1) is 0 Å². The number of amides is 1. The first-order valence-electron chi connectivity index (χ1n) is 9.34. The van der Waals surface area contributed by atoms with Crippen molar-refractivity contribution < 1.29 is 9.53 Å². The second kappa shape index (κ2) is 7.04. The number of aromatic nitrogens is 1. The fourth-order valence-electron chi connectivity index (χ4n) is 4.19. The molecular formula is C21H26N2O2. The molecule has 4 nitrogen and oxygen atoms in total. The van der Waals surface area contributed by atoms with E-state index in [9.17, 15) is 4.79 Å². The second-order valence-corrected chi connectivity index (χ2v) is 7.24. The Morgan fingerprint density at radius 1 is 1.16 bits per heavy atom. The predicted octanol–water partition coefficient (Wildman–Crippen LogP) is 3.90. The summed E-state index contributed by atoms with van der Waals surface area (Å²) in [4.78, 5) is 15.3. The van der Waals surface area contributed by atoms with Crippen molar-refractivity contribution in [3.8, 4) is 0 Å². The Bertz CT molecular complexity index is 746. The van der Waals surface area contributed by atoms with Crippen LogP contribution in [0.2, 0.25) is 0 Å². The van der Waals surface area contributed by atoms with Gasteiger partial charge in [0.25, 0.3) is 5.91 Å². The van der Waals surface area contributed by atoms with Crippen LogP contribution in [0.5, 0.6) is 0 Å². The summed E-state index contributed by atoms with van der Waals surface area (Å²) in [6.07, 6.45) is 6.42. The van der Waals surface area contributed by atoms with Crippen molar-refractivity contribution >= 4 is 5.91 Å². The summed E-state index contributed by atoms with van der Waals surface area (Å²) in [6.45, 7) is 2.43. The molecule has 2 aliphatic rings.